The highest BCUT2D eigenvalue weighted by atomic mass is 16.5. The summed E-state index contributed by atoms with van der Waals surface area (Å²) in [4.78, 5) is 0. The molecule has 96 valence electrons. The molecule has 0 aromatic heterocycles. The van der Waals surface area contributed by atoms with Crippen molar-refractivity contribution in [3.05, 3.63) is 29.8 Å². The fourth-order valence-electron chi connectivity index (χ4n) is 1.87. The first-order chi connectivity index (χ1) is 8.17. The van der Waals surface area contributed by atoms with Gasteiger partial charge in [0, 0.05) is 6.04 Å². The number of nitrogens with one attached hydrogen (secondary N) is 1. The molecule has 1 aromatic rings. The maximum atomic E-state index is 5.64. The molecule has 1 aromatic carbocycles. The van der Waals surface area contributed by atoms with Gasteiger partial charge in [0.15, 0.2) is 0 Å². The second-order valence-corrected chi connectivity index (χ2v) is 4.65. The Morgan fingerprint density at radius 1 is 1.12 bits per heavy atom. The lowest BCUT2D eigenvalue weighted by atomic mass is 10.0. The van der Waals surface area contributed by atoms with E-state index in [1.807, 2.05) is 13.8 Å². The van der Waals surface area contributed by atoms with Crippen LogP contribution in [0.3, 0.4) is 0 Å². The zero-order valence-corrected chi connectivity index (χ0v) is 11.5. The van der Waals surface area contributed by atoms with Gasteiger partial charge in [-0.2, -0.15) is 0 Å². The van der Waals surface area contributed by atoms with E-state index < -0.39 is 0 Å². The lowest BCUT2D eigenvalue weighted by Crippen LogP contribution is -2.21. The van der Waals surface area contributed by atoms with Gasteiger partial charge in [-0.25, -0.2) is 0 Å². The molecular formula is C15H25NO. The SMILES string of the molecule is CCCNC(CC)c1ccc(OC(C)C)cc1. The Kier molecular flexibility index (Phi) is 6.06. The summed E-state index contributed by atoms with van der Waals surface area (Å²) < 4.78 is 5.64. The van der Waals surface area contributed by atoms with E-state index in [-0.39, 0.29) is 6.10 Å². The van der Waals surface area contributed by atoms with Crippen molar-refractivity contribution in [2.24, 2.45) is 0 Å². The second-order valence-electron chi connectivity index (χ2n) is 4.65. The zero-order chi connectivity index (χ0) is 12.7. The minimum absolute atomic E-state index is 0.237. The third kappa shape index (κ3) is 4.78. The van der Waals surface area contributed by atoms with Gasteiger partial charge in [0.1, 0.15) is 5.75 Å². The topological polar surface area (TPSA) is 21.3 Å². The Morgan fingerprint density at radius 3 is 2.24 bits per heavy atom. The Hall–Kier alpha value is -1.02. The van der Waals surface area contributed by atoms with Crippen molar-refractivity contribution in [2.45, 2.75) is 52.7 Å². The van der Waals surface area contributed by atoms with Crippen LogP contribution in [0.2, 0.25) is 0 Å². The van der Waals surface area contributed by atoms with Crippen LogP contribution in [-0.4, -0.2) is 12.6 Å². The molecule has 0 aliphatic rings. The highest BCUT2D eigenvalue weighted by Crippen LogP contribution is 2.20. The van der Waals surface area contributed by atoms with Crippen molar-refractivity contribution in [1.82, 2.24) is 5.32 Å². The molecule has 1 atom stereocenters. The van der Waals surface area contributed by atoms with Gasteiger partial charge in [-0.05, 0) is 50.9 Å². The van der Waals surface area contributed by atoms with Gasteiger partial charge in [0.2, 0.25) is 0 Å². The monoisotopic (exact) mass is 235 g/mol. The van der Waals surface area contributed by atoms with Crippen LogP contribution in [0.4, 0.5) is 0 Å². The van der Waals surface area contributed by atoms with Crippen molar-refractivity contribution in [3.63, 3.8) is 0 Å². The van der Waals surface area contributed by atoms with Crippen molar-refractivity contribution in [2.75, 3.05) is 6.54 Å². The molecular weight excluding hydrogens is 210 g/mol. The molecule has 2 nitrogen and oxygen atoms in total. The lowest BCUT2D eigenvalue weighted by molar-refractivity contribution is 0.242. The van der Waals surface area contributed by atoms with E-state index in [2.05, 4.69) is 43.4 Å². The average Bonchev–Trinajstić information content (AvgIpc) is 2.31. The molecule has 0 amide bonds. The van der Waals surface area contributed by atoms with Crippen molar-refractivity contribution < 1.29 is 4.74 Å². The molecule has 0 saturated carbocycles. The molecule has 0 aliphatic heterocycles. The minimum atomic E-state index is 0.237. The third-order valence-corrected chi connectivity index (χ3v) is 2.70. The average molecular weight is 235 g/mol. The van der Waals surface area contributed by atoms with Crippen LogP contribution in [0.1, 0.15) is 52.1 Å². The van der Waals surface area contributed by atoms with Gasteiger partial charge in [-0.15, -0.1) is 0 Å². The fourth-order valence-corrected chi connectivity index (χ4v) is 1.87. The van der Waals surface area contributed by atoms with Gasteiger partial charge >= 0.3 is 0 Å². The molecule has 0 bridgehead atoms. The Labute approximate surface area is 105 Å². The normalized spacial score (nSPS) is 12.8. The molecule has 1 rings (SSSR count). The molecule has 0 aliphatic carbocycles. The number of ether oxygens (including phenoxy) is 1. The van der Waals surface area contributed by atoms with E-state index in [1.165, 1.54) is 12.0 Å². The van der Waals surface area contributed by atoms with Crippen LogP contribution >= 0.6 is 0 Å². The first-order valence-electron chi connectivity index (χ1n) is 6.67. The summed E-state index contributed by atoms with van der Waals surface area (Å²) in [6.45, 7) is 9.57. The fraction of sp³-hybridized carbons (Fsp3) is 0.600. The summed E-state index contributed by atoms with van der Waals surface area (Å²) >= 11 is 0. The van der Waals surface area contributed by atoms with E-state index in [4.69, 9.17) is 4.74 Å². The number of rotatable bonds is 7. The van der Waals surface area contributed by atoms with E-state index in [1.54, 1.807) is 0 Å². The van der Waals surface area contributed by atoms with Gasteiger partial charge in [0.05, 0.1) is 6.10 Å². The first kappa shape index (κ1) is 14.0. The zero-order valence-electron chi connectivity index (χ0n) is 11.5. The molecule has 0 heterocycles. The summed E-state index contributed by atoms with van der Waals surface area (Å²) in [6, 6.07) is 8.91. The van der Waals surface area contributed by atoms with Gasteiger partial charge in [-0.3, -0.25) is 0 Å². The molecule has 0 radical (unpaired) electrons. The van der Waals surface area contributed by atoms with Gasteiger partial charge < -0.3 is 10.1 Å². The Bertz CT molecular complexity index is 305. The van der Waals surface area contributed by atoms with Crippen molar-refractivity contribution in [3.8, 4) is 5.75 Å². The third-order valence-electron chi connectivity index (χ3n) is 2.70. The maximum Gasteiger partial charge on any atom is 0.119 e. The van der Waals surface area contributed by atoms with Crippen LogP contribution in [-0.2, 0) is 0 Å². The molecule has 1 unspecified atom stereocenters. The molecule has 2 heteroatoms. The predicted octanol–water partition coefficient (Wildman–Crippen LogP) is 3.92. The van der Waals surface area contributed by atoms with E-state index in [0.717, 1.165) is 18.7 Å². The van der Waals surface area contributed by atoms with E-state index in [9.17, 15) is 0 Å². The highest BCUT2D eigenvalue weighted by Gasteiger charge is 2.08. The van der Waals surface area contributed by atoms with Gasteiger partial charge in [0.25, 0.3) is 0 Å². The minimum Gasteiger partial charge on any atom is -0.491 e. The second kappa shape index (κ2) is 7.33. The number of benzene rings is 1. The van der Waals surface area contributed by atoms with Crippen LogP contribution in [0.5, 0.6) is 5.75 Å². The number of hydrogen-bond donors (Lipinski definition) is 1. The van der Waals surface area contributed by atoms with E-state index in [0.29, 0.717) is 6.04 Å². The van der Waals surface area contributed by atoms with Crippen LogP contribution in [0.15, 0.2) is 24.3 Å². The van der Waals surface area contributed by atoms with Crippen LogP contribution in [0.25, 0.3) is 0 Å². The predicted molar refractivity (Wildman–Crippen MR) is 73.5 cm³/mol. The van der Waals surface area contributed by atoms with Crippen LogP contribution < -0.4 is 10.1 Å². The summed E-state index contributed by atoms with van der Waals surface area (Å²) in [5, 5.41) is 3.55. The highest BCUT2D eigenvalue weighted by molar-refractivity contribution is 5.29. The van der Waals surface area contributed by atoms with Crippen molar-refractivity contribution in [1.29, 1.82) is 0 Å². The summed E-state index contributed by atoms with van der Waals surface area (Å²) in [6.07, 6.45) is 2.52. The largest absolute Gasteiger partial charge is 0.491 e. The molecule has 0 saturated heterocycles. The Morgan fingerprint density at radius 2 is 1.76 bits per heavy atom. The summed E-state index contributed by atoms with van der Waals surface area (Å²) in [5.41, 5.74) is 1.34. The molecule has 0 spiro atoms. The van der Waals surface area contributed by atoms with Gasteiger partial charge in [-0.1, -0.05) is 26.0 Å². The molecule has 17 heavy (non-hydrogen) atoms. The Balaban J connectivity index is 2.64. The molecule has 0 fully saturated rings. The smallest absolute Gasteiger partial charge is 0.119 e. The van der Waals surface area contributed by atoms with E-state index >= 15 is 0 Å². The maximum absolute atomic E-state index is 5.64. The number of hydrogen-bond acceptors (Lipinski definition) is 2. The summed E-state index contributed by atoms with van der Waals surface area (Å²) in [7, 11) is 0. The quantitative estimate of drug-likeness (QED) is 0.773. The van der Waals surface area contributed by atoms with Crippen LogP contribution in [0, 0.1) is 0 Å². The first-order valence-corrected chi connectivity index (χ1v) is 6.67. The lowest BCUT2D eigenvalue weighted by Gasteiger charge is -2.18. The molecule has 1 N–H and O–H groups in total. The standard InChI is InChI=1S/C15H25NO/c1-5-11-16-15(6-2)13-7-9-14(10-8-13)17-12(3)4/h7-10,12,15-16H,5-6,11H2,1-4H3. The van der Waals surface area contributed by atoms with Crippen molar-refractivity contribution >= 4 is 0 Å². The summed E-state index contributed by atoms with van der Waals surface area (Å²) in [5.74, 6) is 0.953.